The van der Waals surface area contributed by atoms with Gasteiger partial charge in [0.15, 0.2) is 0 Å². The summed E-state index contributed by atoms with van der Waals surface area (Å²) in [7, 11) is -3.65. The number of rotatable bonds is 3. The lowest BCUT2D eigenvalue weighted by Gasteiger charge is -2.35. The maximum absolute atomic E-state index is 12.7. The highest BCUT2D eigenvalue weighted by Gasteiger charge is 2.31. The van der Waals surface area contributed by atoms with Crippen molar-refractivity contribution in [2.75, 3.05) is 13.1 Å². The maximum atomic E-state index is 12.7. The van der Waals surface area contributed by atoms with Crippen molar-refractivity contribution in [3.63, 3.8) is 0 Å². The first-order chi connectivity index (χ1) is 9.70. The van der Waals surface area contributed by atoms with Gasteiger partial charge in [-0.05, 0) is 32.0 Å². The van der Waals surface area contributed by atoms with Gasteiger partial charge >= 0.3 is 0 Å². The molecule has 0 radical (unpaired) electrons. The zero-order chi connectivity index (χ0) is 15.8. The molecule has 116 valence electrons. The summed E-state index contributed by atoms with van der Waals surface area (Å²) in [5.74, 6) is -0.658. The fourth-order valence-electron chi connectivity index (χ4n) is 2.48. The van der Waals surface area contributed by atoms with Gasteiger partial charge in [0.2, 0.25) is 15.9 Å². The zero-order valence-electron chi connectivity index (χ0n) is 11.8. The van der Waals surface area contributed by atoms with Gasteiger partial charge in [0.05, 0.1) is 4.90 Å². The lowest BCUT2D eigenvalue weighted by Crippen LogP contribution is -2.55. The number of nitrogens with two attached hydrogens (primary N) is 1. The lowest BCUT2D eigenvalue weighted by atomic mass is 10.2. The summed E-state index contributed by atoms with van der Waals surface area (Å²) < 4.78 is 27.4. The summed E-state index contributed by atoms with van der Waals surface area (Å²) in [6.45, 7) is 4.66. The van der Waals surface area contributed by atoms with Gasteiger partial charge < -0.3 is 11.1 Å². The van der Waals surface area contributed by atoms with Crippen molar-refractivity contribution in [2.45, 2.75) is 30.8 Å². The van der Waals surface area contributed by atoms with E-state index >= 15 is 0 Å². The van der Waals surface area contributed by atoms with Crippen molar-refractivity contribution in [3.8, 4) is 0 Å². The Morgan fingerprint density at radius 2 is 1.86 bits per heavy atom. The molecule has 0 spiro atoms. The molecule has 2 unspecified atom stereocenters. The molecule has 1 fully saturated rings. The van der Waals surface area contributed by atoms with Crippen LogP contribution in [0.1, 0.15) is 24.2 Å². The van der Waals surface area contributed by atoms with E-state index in [-0.39, 0.29) is 22.5 Å². The van der Waals surface area contributed by atoms with Crippen LogP contribution in [0.3, 0.4) is 0 Å². The Labute approximate surface area is 132 Å². The lowest BCUT2D eigenvalue weighted by molar-refractivity contribution is 0.1000. The minimum absolute atomic E-state index is 0.0753. The molecule has 0 aliphatic carbocycles. The normalized spacial score (nSPS) is 24.0. The fraction of sp³-hybridized carbons (Fsp3) is 0.462. The van der Waals surface area contributed by atoms with Crippen molar-refractivity contribution in [1.29, 1.82) is 0 Å². The molecule has 2 rings (SSSR count). The minimum atomic E-state index is -3.65. The van der Waals surface area contributed by atoms with Gasteiger partial charge in [0, 0.05) is 35.2 Å². The van der Waals surface area contributed by atoms with E-state index in [0.717, 1.165) is 0 Å². The van der Waals surface area contributed by atoms with Gasteiger partial charge in [-0.1, -0.05) is 15.9 Å². The summed E-state index contributed by atoms with van der Waals surface area (Å²) in [6.07, 6.45) is 0. The number of benzene rings is 1. The molecule has 3 N–H and O–H groups in total. The van der Waals surface area contributed by atoms with Crippen LogP contribution >= 0.6 is 15.9 Å². The third-order valence-electron chi connectivity index (χ3n) is 3.32. The third-order valence-corrected chi connectivity index (χ3v) is 5.58. The van der Waals surface area contributed by atoms with Gasteiger partial charge in [-0.15, -0.1) is 0 Å². The van der Waals surface area contributed by atoms with E-state index in [2.05, 4.69) is 21.2 Å². The van der Waals surface area contributed by atoms with Crippen molar-refractivity contribution >= 4 is 31.9 Å². The highest BCUT2D eigenvalue weighted by molar-refractivity contribution is 9.10. The van der Waals surface area contributed by atoms with E-state index in [9.17, 15) is 13.2 Å². The van der Waals surface area contributed by atoms with E-state index in [1.54, 1.807) is 0 Å². The molecule has 0 bridgehead atoms. The second-order valence-corrected chi connectivity index (χ2v) is 8.18. The summed E-state index contributed by atoms with van der Waals surface area (Å²) in [4.78, 5) is 11.4. The van der Waals surface area contributed by atoms with Crippen LogP contribution in [0.25, 0.3) is 0 Å². The van der Waals surface area contributed by atoms with Gasteiger partial charge in [0.1, 0.15) is 0 Å². The topological polar surface area (TPSA) is 92.5 Å². The SMILES string of the molecule is CC1CN(S(=O)(=O)c2cc(Br)cc(C(N)=O)c2)CC(C)N1. The van der Waals surface area contributed by atoms with Crippen LogP contribution in [-0.4, -0.2) is 43.8 Å². The van der Waals surface area contributed by atoms with Gasteiger partial charge in [-0.3, -0.25) is 4.79 Å². The number of carbonyl (C=O) groups excluding carboxylic acids is 1. The number of halogens is 1. The second-order valence-electron chi connectivity index (χ2n) is 5.33. The van der Waals surface area contributed by atoms with Crippen LogP contribution < -0.4 is 11.1 Å². The molecule has 0 aromatic heterocycles. The summed E-state index contributed by atoms with van der Waals surface area (Å²) in [5.41, 5.74) is 5.41. The molecule has 2 atom stereocenters. The number of nitrogens with one attached hydrogen (secondary N) is 1. The van der Waals surface area contributed by atoms with E-state index < -0.39 is 15.9 Å². The molecule has 1 aromatic rings. The van der Waals surface area contributed by atoms with Crippen molar-refractivity contribution in [2.24, 2.45) is 5.73 Å². The van der Waals surface area contributed by atoms with Crippen molar-refractivity contribution in [1.82, 2.24) is 9.62 Å². The van der Waals surface area contributed by atoms with Crippen LogP contribution in [0.15, 0.2) is 27.6 Å². The second kappa shape index (κ2) is 6.04. The summed E-state index contributed by atoms with van der Waals surface area (Å²) in [5, 5.41) is 3.28. The molecular formula is C13H18BrN3O3S. The smallest absolute Gasteiger partial charge is 0.248 e. The van der Waals surface area contributed by atoms with E-state index in [0.29, 0.717) is 17.6 Å². The van der Waals surface area contributed by atoms with Crippen molar-refractivity contribution < 1.29 is 13.2 Å². The highest BCUT2D eigenvalue weighted by atomic mass is 79.9. The predicted octanol–water partition coefficient (Wildman–Crippen LogP) is 0.919. The number of hydrogen-bond donors (Lipinski definition) is 2. The standard InChI is InChI=1S/C13H18BrN3O3S/c1-8-6-17(7-9(2)16-8)21(19,20)12-4-10(13(15)18)3-11(14)5-12/h3-5,8-9,16H,6-7H2,1-2H3,(H2,15,18). The van der Waals surface area contributed by atoms with Gasteiger partial charge in [-0.2, -0.15) is 4.31 Å². The van der Waals surface area contributed by atoms with Crippen LogP contribution in [0.5, 0.6) is 0 Å². The van der Waals surface area contributed by atoms with Crippen LogP contribution in [0.2, 0.25) is 0 Å². The first-order valence-electron chi connectivity index (χ1n) is 6.56. The maximum Gasteiger partial charge on any atom is 0.248 e. The van der Waals surface area contributed by atoms with Crippen LogP contribution in [-0.2, 0) is 10.0 Å². The Bertz CT molecular complexity index is 653. The zero-order valence-corrected chi connectivity index (χ0v) is 14.2. The number of carbonyl (C=O) groups is 1. The Kier molecular flexibility index (Phi) is 4.72. The molecule has 1 aromatic carbocycles. The molecule has 6 nitrogen and oxygen atoms in total. The van der Waals surface area contributed by atoms with Gasteiger partial charge in [-0.25, -0.2) is 8.42 Å². The van der Waals surface area contributed by atoms with Crippen LogP contribution in [0, 0.1) is 0 Å². The quantitative estimate of drug-likeness (QED) is 0.821. The number of hydrogen-bond acceptors (Lipinski definition) is 4. The Balaban J connectivity index is 2.42. The summed E-state index contributed by atoms with van der Waals surface area (Å²) >= 11 is 3.22. The average Bonchev–Trinajstić information content (AvgIpc) is 2.36. The Hall–Kier alpha value is -0.960. The first kappa shape index (κ1) is 16.4. The summed E-state index contributed by atoms with van der Waals surface area (Å²) in [6, 6.07) is 4.46. The highest BCUT2D eigenvalue weighted by Crippen LogP contribution is 2.24. The van der Waals surface area contributed by atoms with Crippen LogP contribution in [0.4, 0.5) is 0 Å². The number of nitrogens with zero attached hydrogens (tertiary/aromatic N) is 1. The minimum Gasteiger partial charge on any atom is -0.366 e. The molecule has 0 saturated carbocycles. The number of primary amides is 1. The molecule has 21 heavy (non-hydrogen) atoms. The van der Waals surface area contributed by atoms with Crippen molar-refractivity contribution in [3.05, 3.63) is 28.2 Å². The molecule has 1 aliphatic heterocycles. The fourth-order valence-corrected chi connectivity index (χ4v) is 4.81. The Morgan fingerprint density at radius 3 is 2.38 bits per heavy atom. The first-order valence-corrected chi connectivity index (χ1v) is 8.80. The predicted molar refractivity (Wildman–Crippen MR) is 83.5 cm³/mol. The van der Waals surface area contributed by atoms with E-state index in [1.165, 1.54) is 22.5 Å². The molecule has 1 saturated heterocycles. The third kappa shape index (κ3) is 3.63. The monoisotopic (exact) mass is 375 g/mol. The Morgan fingerprint density at radius 1 is 1.29 bits per heavy atom. The molecular weight excluding hydrogens is 358 g/mol. The average molecular weight is 376 g/mol. The number of amides is 1. The molecule has 1 aliphatic rings. The molecule has 1 heterocycles. The molecule has 1 amide bonds. The number of sulfonamides is 1. The largest absolute Gasteiger partial charge is 0.366 e. The van der Waals surface area contributed by atoms with Gasteiger partial charge in [0.25, 0.3) is 0 Å². The molecule has 8 heteroatoms. The van der Waals surface area contributed by atoms with E-state index in [4.69, 9.17) is 5.73 Å². The number of piperazine rings is 1. The van der Waals surface area contributed by atoms with E-state index in [1.807, 2.05) is 13.8 Å².